The van der Waals surface area contributed by atoms with Crippen LogP contribution in [0.2, 0.25) is 0 Å². The van der Waals surface area contributed by atoms with Gasteiger partial charge in [0.05, 0.1) is 12.7 Å². The van der Waals surface area contributed by atoms with E-state index in [1.165, 1.54) is 92.9 Å². The first-order chi connectivity index (χ1) is 14.3. The van der Waals surface area contributed by atoms with Crippen LogP contribution in [-0.2, 0) is 11.2 Å². The SMILES string of the molecule is CCCCCCc1ccc(-c2ccc(C3CCC(CCCCC)CO3)cc2)cc1. The molecule has 0 N–H and O–H groups in total. The third-order valence-electron chi connectivity index (χ3n) is 6.47. The molecule has 0 aliphatic carbocycles. The van der Waals surface area contributed by atoms with Gasteiger partial charge in [0.25, 0.3) is 0 Å². The van der Waals surface area contributed by atoms with Crippen molar-refractivity contribution in [2.24, 2.45) is 5.92 Å². The standard InChI is InChI=1S/C28H40O/c1-3-5-7-9-10-23-12-15-25(16-13-23)26-17-19-27(20-18-26)28-21-14-24(22-29-28)11-8-6-4-2/h12-13,15-20,24,28H,3-11,14,21-22H2,1-2H3. The fourth-order valence-electron chi connectivity index (χ4n) is 4.49. The Morgan fingerprint density at radius 1 is 0.724 bits per heavy atom. The first kappa shape index (κ1) is 22.1. The Labute approximate surface area is 178 Å². The van der Waals surface area contributed by atoms with Crippen molar-refractivity contribution < 1.29 is 4.74 Å². The van der Waals surface area contributed by atoms with E-state index in [4.69, 9.17) is 4.74 Å². The van der Waals surface area contributed by atoms with Crippen LogP contribution >= 0.6 is 0 Å². The van der Waals surface area contributed by atoms with E-state index in [0.29, 0.717) is 0 Å². The molecule has 0 saturated carbocycles. The van der Waals surface area contributed by atoms with Crippen LogP contribution < -0.4 is 0 Å². The van der Waals surface area contributed by atoms with Crippen molar-refractivity contribution in [1.82, 2.24) is 0 Å². The summed E-state index contributed by atoms with van der Waals surface area (Å²) >= 11 is 0. The second-order valence-corrected chi connectivity index (χ2v) is 8.89. The lowest BCUT2D eigenvalue weighted by molar-refractivity contribution is -0.0198. The minimum atomic E-state index is 0.289. The predicted octanol–water partition coefficient (Wildman–Crippen LogP) is 8.52. The summed E-state index contributed by atoms with van der Waals surface area (Å²) in [6.45, 7) is 5.49. The minimum Gasteiger partial charge on any atom is -0.373 e. The second kappa shape index (κ2) is 12.2. The molecule has 0 bridgehead atoms. The molecule has 3 rings (SSSR count). The van der Waals surface area contributed by atoms with Gasteiger partial charge in [0.1, 0.15) is 0 Å². The van der Waals surface area contributed by atoms with E-state index in [-0.39, 0.29) is 6.10 Å². The Morgan fingerprint density at radius 2 is 1.38 bits per heavy atom. The Kier molecular flexibility index (Phi) is 9.28. The van der Waals surface area contributed by atoms with Gasteiger partial charge in [0.2, 0.25) is 0 Å². The summed E-state index contributed by atoms with van der Waals surface area (Å²) in [6, 6.07) is 18.2. The van der Waals surface area contributed by atoms with E-state index in [1.54, 1.807) is 0 Å². The Morgan fingerprint density at radius 3 is 2.00 bits per heavy atom. The van der Waals surface area contributed by atoms with Gasteiger partial charge < -0.3 is 4.74 Å². The lowest BCUT2D eigenvalue weighted by Gasteiger charge is -2.29. The zero-order valence-electron chi connectivity index (χ0n) is 18.7. The third-order valence-corrected chi connectivity index (χ3v) is 6.47. The summed E-state index contributed by atoms with van der Waals surface area (Å²) in [5, 5.41) is 0. The highest BCUT2D eigenvalue weighted by atomic mass is 16.5. The van der Waals surface area contributed by atoms with Crippen LogP contribution in [0.25, 0.3) is 11.1 Å². The Hall–Kier alpha value is -1.60. The smallest absolute Gasteiger partial charge is 0.0825 e. The highest BCUT2D eigenvalue weighted by molar-refractivity contribution is 5.64. The zero-order chi connectivity index (χ0) is 20.3. The number of hydrogen-bond acceptors (Lipinski definition) is 1. The Bertz CT molecular complexity index is 677. The van der Waals surface area contributed by atoms with Crippen molar-refractivity contribution in [2.45, 2.75) is 90.6 Å². The van der Waals surface area contributed by atoms with E-state index in [0.717, 1.165) is 12.5 Å². The minimum absolute atomic E-state index is 0.289. The van der Waals surface area contributed by atoms with E-state index >= 15 is 0 Å². The van der Waals surface area contributed by atoms with Crippen molar-refractivity contribution in [3.05, 3.63) is 59.7 Å². The van der Waals surface area contributed by atoms with Gasteiger partial charge in [-0.25, -0.2) is 0 Å². The monoisotopic (exact) mass is 392 g/mol. The molecule has 1 nitrogen and oxygen atoms in total. The first-order valence-corrected chi connectivity index (χ1v) is 12.1. The van der Waals surface area contributed by atoms with Crippen LogP contribution in [0.5, 0.6) is 0 Å². The van der Waals surface area contributed by atoms with Crippen molar-refractivity contribution in [2.75, 3.05) is 6.61 Å². The quantitative estimate of drug-likeness (QED) is 0.348. The number of ether oxygens (including phenoxy) is 1. The highest BCUT2D eigenvalue weighted by Gasteiger charge is 2.22. The van der Waals surface area contributed by atoms with Crippen molar-refractivity contribution >= 4 is 0 Å². The van der Waals surface area contributed by atoms with Gasteiger partial charge in [-0.2, -0.15) is 0 Å². The Balaban J connectivity index is 1.49. The lowest BCUT2D eigenvalue weighted by atomic mass is 9.90. The van der Waals surface area contributed by atoms with E-state index < -0.39 is 0 Å². The van der Waals surface area contributed by atoms with Gasteiger partial charge in [0, 0.05) is 0 Å². The van der Waals surface area contributed by atoms with Gasteiger partial charge in [-0.05, 0) is 60.3 Å². The van der Waals surface area contributed by atoms with Crippen LogP contribution in [0.3, 0.4) is 0 Å². The van der Waals surface area contributed by atoms with Crippen molar-refractivity contribution in [3.8, 4) is 11.1 Å². The van der Waals surface area contributed by atoms with Crippen LogP contribution in [0.4, 0.5) is 0 Å². The van der Waals surface area contributed by atoms with Gasteiger partial charge in [0.15, 0.2) is 0 Å². The van der Waals surface area contributed by atoms with Crippen molar-refractivity contribution in [1.29, 1.82) is 0 Å². The molecule has 0 amide bonds. The van der Waals surface area contributed by atoms with Gasteiger partial charge in [-0.1, -0.05) is 101 Å². The number of unbranched alkanes of at least 4 members (excludes halogenated alkanes) is 5. The number of benzene rings is 2. The average molecular weight is 393 g/mol. The summed E-state index contributed by atoms with van der Waals surface area (Å²) in [5.74, 6) is 0.776. The third kappa shape index (κ3) is 7.00. The topological polar surface area (TPSA) is 9.23 Å². The van der Waals surface area contributed by atoms with E-state index in [1.807, 2.05) is 0 Å². The molecular weight excluding hydrogens is 352 g/mol. The second-order valence-electron chi connectivity index (χ2n) is 8.89. The molecule has 1 heteroatoms. The maximum atomic E-state index is 6.22. The molecule has 1 saturated heterocycles. The number of aryl methyl sites for hydroxylation is 1. The molecule has 158 valence electrons. The van der Waals surface area contributed by atoms with Crippen LogP contribution in [0.1, 0.15) is 95.3 Å². The molecule has 0 spiro atoms. The molecular formula is C28H40O. The fourth-order valence-corrected chi connectivity index (χ4v) is 4.49. The van der Waals surface area contributed by atoms with Crippen LogP contribution in [0.15, 0.2) is 48.5 Å². The first-order valence-electron chi connectivity index (χ1n) is 12.1. The van der Waals surface area contributed by atoms with Crippen LogP contribution in [-0.4, -0.2) is 6.61 Å². The van der Waals surface area contributed by atoms with Crippen molar-refractivity contribution in [3.63, 3.8) is 0 Å². The molecule has 29 heavy (non-hydrogen) atoms. The summed E-state index contributed by atoms with van der Waals surface area (Å²) in [5.41, 5.74) is 5.42. The van der Waals surface area contributed by atoms with E-state index in [9.17, 15) is 0 Å². The molecule has 1 heterocycles. The predicted molar refractivity (Wildman–Crippen MR) is 125 cm³/mol. The molecule has 2 aromatic rings. The molecule has 2 unspecified atom stereocenters. The summed E-state index contributed by atoms with van der Waals surface area (Å²) < 4.78 is 6.22. The van der Waals surface area contributed by atoms with Gasteiger partial charge >= 0.3 is 0 Å². The van der Waals surface area contributed by atoms with Gasteiger partial charge in [-0.3, -0.25) is 0 Å². The average Bonchev–Trinajstić information content (AvgIpc) is 2.78. The summed E-state index contributed by atoms with van der Waals surface area (Å²) in [7, 11) is 0. The fraction of sp³-hybridized carbons (Fsp3) is 0.571. The molecule has 2 atom stereocenters. The molecule has 1 aliphatic rings. The molecule has 1 fully saturated rings. The number of rotatable bonds is 11. The maximum Gasteiger partial charge on any atom is 0.0825 e. The molecule has 0 aromatic heterocycles. The largest absolute Gasteiger partial charge is 0.373 e. The van der Waals surface area contributed by atoms with Gasteiger partial charge in [-0.15, -0.1) is 0 Å². The normalized spacial score (nSPS) is 19.4. The maximum absolute atomic E-state index is 6.22. The summed E-state index contributed by atoms with van der Waals surface area (Å²) in [6.07, 6.45) is 14.7. The lowest BCUT2D eigenvalue weighted by Crippen LogP contribution is -2.20. The zero-order valence-corrected chi connectivity index (χ0v) is 18.7. The molecule has 0 radical (unpaired) electrons. The van der Waals surface area contributed by atoms with E-state index in [2.05, 4.69) is 62.4 Å². The van der Waals surface area contributed by atoms with Crippen LogP contribution in [0, 0.1) is 5.92 Å². The molecule has 1 aliphatic heterocycles. The number of hydrogen-bond donors (Lipinski definition) is 0. The molecule has 2 aromatic carbocycles. The summed E-state index contributed by atoms with van der Waals surface area (Å²) in [4.78, 5) is 0. The highest BCUT2D eigenvalue weighted by Crippen LogP contribution is 2.33.